The van der Waals surface area contributed by atoms with Gasteiger partial charge in [-0.25, -0.2) is 9.97 Å². The van der Waals surface area contributed by atoms with Crippen LogP contribution in [0.5, 0.6) is 11.5 Å². The number of fused-ring (bicyclic) bond motifs is 1. The fraction of sp³-hybridized carbons (Fsp3) is 0.174. The second-order valence-electron chi connectivity index (χ2n) is 6.92. The summed E-state index contributed by atoms with van der Waals surface area (Å²) in [6, 6.07) is 16.8. The van der Waals surface area contributed by atoms with E-state index in [1.54, 1.807) is 12.3 Å². The number of anilines is 2. The smallest absolute Gasteiger partial charge is 0.145 e. The summed E-state index contributed by atoms with van der Waals surface area (Å²) in [5, 5.41) is 4.56. The molecular formula is C23H22ClN5O2. The summed E-state index contributed by atoms with van der Waals surface area (Å²) in [4.78, 5) is 13.0. The van der Waals surface area contributed by atoms with Crippen molar-refractivity contribution in [2.24, 2.45) is 5.73 Å². The van der Waals surface area contributed by atoms with Crippen molar-refractivity contribution in [1.82, 2.24) is 15.0 Å². The Kier molecular flexibility index (Phi) is 6.45. The van der Waals surface area contributed by atoms with Crippen LogP contribution >= 0.6 is 11.6 Å². The first-order chi connectivity index (χ1) is 15.1. The summed E-state index contributed by atoms with van der Waals surface area (Å²) in [7, 11) is 0. The number of hydrogen-bond donors (Lipinski definition) is 2. The van der Waals surface area contributed by atoms with Gasteiger partial charge in [0.25, 0.3) is 0 Å². The molecule has 2 heterocycles. The molecule has 0 bridgehead atoms. The fourth-order valence-electron chi connectivity index (χ4n) is 3.00. The lowest BCUT2D eigenvalue weighted by Gasteiger charge is -2.16. The molecule has 3 N–H and O–H groups in total. The maximum Gasteiger partial charge on any atom is 0.145 e. The molecule has 0 spiro atoms. The Balaban J connectivity index is 1.57. The second kappa shape index (κ2) is 9.59. The molecule has 7 nitrogen and oxygen atoms in total. The van der Waals surface area contributed by atoms with Crippen LogP contribution in [0.2, 0.25) is 5.02 Å². The molecule has 1 unspecified atom stereocenters. The Bertz CT molecular complexity index is 1170. The SMILES string of the molecule is CC(CN)Oc1cccc2ncnc(Nc3ccc(OCc4ccccn4)c(Cl)c3)c12. The number of rotatable bonds is 8. The van der Waals surface area contributed by atoms with E-state index in [0.717, 1.165) is 22.3 Å². The number of nitrogens with two attached hydrogens (primary N) is 1. The third kappa shape index (κ3) is 5.02. The molecule has 0 fully saturated rings. The molecule has 0 aliphatic carbocycles. The summed E-state index contributed by atoms with van der Waals surface area (Å²) in [5.74, 6) is 1.86. The summed E-state index contributed by atoms with van der Waals surface area (Å²) < 4.78 is 11.8. The Hall–Kier alpha value is -3.42. The zero-order valence-corrected chi connectivity index (χ0v) is 17.7. The van der Waals surface area contributed by atoms with Crippen LogP contribution in [-0.2, 0) is 6.61 Å². The van der Waals surface area contributed by atoms with E-state index < -0.39 is 0 Å². The molecule has 8 heteroatoms. The topological polar surface area (TPSA) is 95.2 Å². The van der Waals surface area contributed by atoms with Crippen molar-refractivity contribution in [3.05, 3.63) is 77.8 Å². The van der Waals surface area contributed by atoms with Crippen LogP contribution < -0.4 is 20.5 Å². The van der Waals surface area contributed by atoms with Crippen LogP contribution in [0.4, 0.5) is 11.5 Å². The van der Waals surface area contributed by atoms with Gasteiger partial charge in [0.2, 0.25) is 0 Å². The predicted molar refractivity (Wildman–Crippen MR) is 122 cm³/mol. The standard InChI is InChI=1S/C23H22ClN5O2/c1-15(12-25)31-21-7-4-6-19-22(21)23(28-14-27-19)29-16-8-9-20(18(24)11-16)30-13-17-5-2-3-10-26-17/h2-11,14-15H,12-13,25H2,1H3,(H,27,28,29). The minimum Gasteiger partial charge on any atom is -0.489 e. The average molecular weight is 436 g/mol. The second-order valence-corrected chi connectivity index (χ2v) is 7.32. The zero-order valence-electron chi connectivity index (χ0n) is 17.0. The van der Waals surface area contributed by atoms with Crippen molar-refractivity contribution in [2.45, 2.75) is 19.6 Å². The summed E-state index contributed by atoms with van der Waals surface area (Å²) >= 11 is 6.44. The monoisotopic (exact) mass is 435 g/mol. The van der Waals surface area contributed by atoms with Crippen molar-refractivity contribution in [3.63, 3.8) is 0 Å². The van der Waals surface area contributed by atoms with E-state index in [1.165, 1.54) is 6.33 Å². The van der Waals surface area contributed by atoms with Gasteiger partial charge in [0.05, 0.1) is 21.6 Å². The third-order valence-corrected chi connectivity index (χ3v) is 4.88. The Morgan fingerprint density at radius 3 is 2.71 bits per heavy atom. The van der Waals surface area contributed by atoms with Crippen LogP contribution in [0, 0.1) is 0 Å². The van der Waals surface area contributed by atoms with Crippen LogP contribution in [0.25, 0.3) is 10.9 Å². The minimum absolute atomic E-state index is 0.136. The number of benzene rings is 2. The lowest BCUT2D eigenvalue weighted by atomic mass is 10.2. The predicted octanol–water partition coefficient (Wildman–Crippen LogP) is 4.73. The molecule has 31 heavy (non-hydrogen) atoms. The van der Waals surface area contributed by atoms with Crippen LogP contribution in [0.3, 0.4) is 0 Å². The molecule has 0 radical (unpaired) electrons. The lowest BCUT2D eigenvalue weighted by molar-refractivity contribution is 0.233. The molecule has 4 rings (SSSR count). The van der Waals surface area contributed by atoms with Gasteiger partial charge in [0.15, 0.2) is 0 Å². The Labute approximate surface area is 185 Å². The number of pyridine rings is 1. The average Bonchev–Trinajstić information content (AvgIpc) is 2.79. The molecule has 0 aliphatic heterocycles. The highest BCUT2D eigenvalue weighted by Gasteiger charge is 2.13. The van der Waals surface area contributed by atoms with Crippen LogP contribution in [0.15, 0.2) is 67.1 Å². The molecule has 1 atom stereocenters. The number of aromatic nitrogens is 3. The van der Waals surface area contributed by atoms with Crippen molar-refractivity contribution in [3.8, 4) is 11.5 Å². The number of ether oxygens (including phenoxy) is 2. The van der Waals surface area contributed by atoms with Crippen molar-refractivity contribution in [2.75, 3.05) is 11.9 Å². The van der Waals surface area contributed by atoms with Gasteiger partial charge in [0.1, 0.15) is 36.4 Å². The van der Waals surface area contributed by atoms with Crippen molar-refractivity contribution < 1.29 is 9.47 Å². The Morgan fingerprint density at radius 1 is 1.03 bits per heavy atom. The first kappa shape index (κ1) is 20.8. The number of halogens is 1. The number of hydrogen-bond acceptors (Lipinski definition) is 7. The fourth-order valence-corrected chi connectivity index (χ4v) is 3.24. The van der Waals surface area contributed by atoms with Gasteiger partial charge in [-0.1, -0.05) is 23.7 Å². The lowest BCUT2D eigenvalue weighted by Crippen LogP contribution is -2.23. The van der Waals surface area contributed by atoms with E-state index in [0.29, 0.717) is 35.5 Å². The highest BCUT2D eigenvalue weighted by Crippen LogP contribution is 2.34. The molecular weight excluding hydrogens is 414 g/mol. The van der Waals surface area contributed by atoms with Crippen molar-refractivity contribution >= 4 is 34.0 Å². The van der Waals surface area contributed by atoms with E-state index in [2.05, 4.69) is 20.3 Å². The van der Waals surface area contributed by atoms with Crippen molar-refractivity contribution in [1.29, 1.82) is 0 Å². The maximum absolute atomic E-state index is 6.44. The first-order valence-electron chi connectivity index (χ1n) is 9.84. The van der Waals surface area contributed by atoms with Crippen LogP contribution in [0.1, 0.15) is 12.6 Å². The quantitative estimate of drug-likeness (QED) is 0.413. The molecule has 158 valence electrons. The van der Waals surface area contributed by atoms with Gasteiger partial charge in [-0.15, -0.1) is 0 Å². The molecule has 0 aliphatic rings. The summed E-state index contributed by atoms with van der Waals surface area (Å²) in [5.41, 5.74) is 8.07. The first-order valence-corrected chi connectivity index (χ1v) is 10.2. The largest absolute Gasteiger partial charge is 0.489 e. The molecule has 0 saturated carbocycles. The van der Waals surface area contributed by atoms with Crippen LogP contribution in [-0.4, -0.2) is 27.6 Å². The van der Waals surface area contributed by atoms with Gasteiger partial charge in [0, 0.05) is 18.4 Å². The molecule has 0 amide bonds. The van der Waals surface area contributed by atoms with E-state index in [9.17, 15) is 0 Å². The Morgan fingerprint density at radius 2 is 1.94 bits per heavy atom. The van der Waals surface area contributed by atoms with E-state index >= 15 is 0 Å². The molecule has 2 aromatic carbocycles. The minimum atomic E-state index is -0.136. The summed E-state index contributed by atoms with van der Waals surface area (Å²) in [6.07, 6.45) is 3.10. The molecule has 2 aromatic heterocycles. The molecule has 4 aromatic rings. The van der Waals surface area contributed by atoms with Gasteiger partial charge < -0.3 is 20.5 Å². The number of nitrogens with one attached hydrogen (secondary N) is 1. The van der Waals surface area contributed by atoms with E-state index in [4.69, 9.17) is 26.8 Å². The van der Waals surface area contributed by atoms with E-state index in [1.807, 2.05) is 55.5 Å². The van der Waals surface area contributed by atoms with Gasteiger partial charge in [-0.05, 0) is 49.4 Å². The van der Waals surface area contributed by atoms with Gasteiger partial charge in [-0.2, -0.15) is 0 Å². The summed E-state index contributed by atoms with van der Waals surface area (Å²) in [6.45, 7) is 2.66. The van der Waals surface area contributed by atoms with E-state index in [-0.39, 0.29) is 6.10 Å². The van der Waals surface area contributed by atoms with Gasteiger partial charge in [-0.3, -0.25) is 4.98 Å². The molecule has 0 saturated heterocycles. The van der Waals surface area contributed by atoms with Gasteiger partial charge >= 0.3 is 0 Å². The highest BCUT2D eigenvalue weighted by atomic mass is 35.5. The maximum atomic E-state index is 6.44. The normalized spacial score (nSPS) is 11.8. The number of nitrogens with zero attached hydrogens (tertiary/aromatic N) is 3. The highest BCUT2D eigenvalue weighted by molar-refractivity contribution is 6.32. The zero-order chi connectivity index (χ0) is 21.6. The third-order valence-electron chi connectivity index (χ3n) is 4.58.